The minimum atomic E-state index is -0.174. The summed E-state index contributed by atoms with van der Waals surface area (Å²) in [6, 6.07) is 14.9. The molecule has 2 heterocycles. The molecule has 3 N–H and O–H groups in total. The molecule has 0 radical (unpaired) electrons. The van der Waals surface area contributed by atoms with Gasteiger partial charge in [-0.2, -0.15) is 0 Å². The fourth-order valence-electron chi connectivity index (χ4n) is 4.61. The summed E-state index contributed by atoms with van der Waals surface area (Å²) >= 11 is 0. The molecule has 1 aliphatic carbocycles. The maximum Gasteiger partial charge on any atom is 0.255 e. The highest BCUT2D eigenvalue weighted by Gasteiger charge is 2.21. The molecule has 4 rings (SSSR count). The van der Waals surface area contributed by atoms with E-state index in [1.165, 1.54) is 17.5 Å². The van der Waals surface area contributed by atoms with Gasteiger partial charge in [-0.3, -0.25) is 4.79 Å². The molecule has 0 fully saturated rings. The van der Waals surface area contributed by atoms with E-state index in [0.29, 0.717) is 28.9 Å². The Morgan fingerprint density at radius 2 is 1.81 bits per heavy atom. The number of nitrogens with one attached hydrogen (secondary N) is 3. The number of carbonyl (C=O) groups excluding carboxylic acids is 1. The van der Waals surface area contributed by atoms with Gasteiger partial charge in [-0.1, -0.05) is 32.9 Å². The lowest BCUT2D eigenvalue weighted by atomic mass is 9.87. The largest absolute Gasteiger partial charge is 0.350 e. The van der Waals surface area contributed by atoms with E-state index in [9.17, 15) is 4.79 Å². The first-order valence-corrected chi connectivity index (χ1v) is 13.1. The normalized spacial score (nSPS) is 15.4. The second-order valence-electron chi connectivity index (χ2n) is 11.5. The van der Waals surface area contributed by atoms with Gasteiger partial charge in [0.2, 0.25) is 0 Å². The quantitative estimate of drug-likeness (QED) is 0.379. The van der Waals surface area contributed by atoms with Crippen molar-refractivity contribution in [3.63, 3.8) is 0 Å². The summed E-state index contributed by atoms with van der Waals surface area (Å²) in [5.41, 5.74) is 5.81. The van der Waals surface area contributed by atoms with E-state index in [-0.39, 0.29) is 17.4 Å². The zero-order valence-corrected chi connectivity index (χ0v) is 23.1. The first-order valence-electron chi connectivity index (χ1n) is 13.1. The van der Waals surface area contributed by atoms with E-state index in [4.69, 9.17) is 4.98 Å². The Morgan fingerprint density at radius 3 is 2.51 bits per heavy atom. The molecule has 0 bridgehead atoms. The van der Waals surface area contributed by atoms with Crippen molar-refractivity contribution in [1.82, 2.24) is 20.2 Å². The van der Waals surface area contributed by atoms with E-state index in [1.54, 1.807) is 6.20 Å². The zero-order chi connectivity index (χ0) is 26.7. The molecule has 1 aromatic carbocycles. The molecule has 0 saturated carbocycles. The van der Waals surface area contributed by atoms with Crippen molar-refractivity contribution in [1.29, 1.82) is 0 Å². The van der Waals surface area contributed by atoms with Crippen molar-refractivity contribution in [3.8, 4) is 0 Å². The standard InChI is InChI=1S/C30H40N6O/c1-19(2)32-29(37)24-18-31-28(17-25(24)34-27-10-8-9-26(35-27)30(3,4)5)33-22-13-11-20-12-14-23(36(6)7)16-21(20)15-22/h8-11,13,15,17-19,23H,12,14,16H2,1-7H3,(H,32,37)(H2,31,33,34,35). The Labute approximate surface area is 221 Å². The highest BCUT2D eigenvalue weighted by molar-refractivity contribution is 6.00. The number of likely N-dealkylation sites (N-methyl/N-ethyl adjacent to an activating group) is 1. The summed E-state index contributed by atoms with van der Waals surface area (Å²) in [5.74, 6) is 1.18. The van der Waals surface area contributed by atoms with E-state index in [1.807, 2.05) is 38.1 Å². The third kappa shape index (κ3) is 6.66. The number of anilines is 4. The molecule has 1 atom stereocenters. The van der Waals surface area contributed by atoms with Crippen LogP contribution < -0.4 is 16.0 Å². The Morgan fingerprint density at radius 1 is 1.03 bits per heavy atom. The second-order valence-corrected chi connectivity index (χ2v) is 11.5. The molecule has 37 heavy (non-hydrogen) atoms. The molecule has 0 aliphatic heterocycles. The van der Waals surface area contributed by atoms with Crippen molar-refractivity contribution in [3.05, 3.63) is 71.0 Å². The van der Waals surface area contributed by atoms with Gasteiger partial charge in [0.1, 0.15) is 11.6 Å². The van der Waals surface area contributed by atoms with Crippen LogP contribution in [-0.2, 0) is 18.3 Å². The third-order valence-electron chi connectivity index (χ3n) is 6.76. The van der Waals surface area contributed by atoms with Gasteiger partial charge in [0.25, 0.3) is 5.91 Å². The number of aromatic nitrogens is 2. The van der Waals surface area contributed by atoms with Crippen LogP contribution >= 0.6 is 0 Å². The van der Waals surface area contributed by atoms with E-state index >= 15 is 0 Å². The Balaban J connectivity index is 1.63. The molecule has 7 nitrogen and oxygen atoms in total. The average molecular weight is 501 g/mol. The van der Waals surface area contributed by atoms with Gasteiger partial charge in [0.05, 0.1) is 11.3 Å². The van der Waals surface area contributed by atoms with Crippen molar-refractivity contribution in [2.45, 2.75) is 71.4 Å². The molecular formula is C30H40N6O. The summed E-state index contributed by atoms with van der Waals surface area (Å²) in [6.45, 7) is 10.3. The van der Waals surface area contributed by atoms with Crippen molar-refractivity contribution in [2.24, 2.45) is 0 Å². The van der Waals surface area contributed by atoms with Gasteiger partial charge >= 0.3 is 0 Å². The molecular weight excluding hydrogens is 460 g/mol. The number of nitrogens with zero attached hydrogens (tertiary/aromatic N) is 3. The molecule has 3 aromatic rings. The maximum absolute atomic E-state index is 13.0. The lowest BCUT2D eigenvalue weighted by molar-refractivity contribution is 0.0943. The van der Waals surface area contributed by atoms with Crippen LogP contribution in [0.2, 0.25) is 0 Å². The summed E-state index contributed by atoms with van der Waals surface area (Å²) in [6.07, 6.45) is 4.96. The molecule has 1 unspecified atom stereocenters. The average Bonchev–Trinajstić information content (AvgIpc) is 2.83. The predicted molar refractivity (Wildman–Crippen MR) is 152 cm³/mol. The van der Waals surface area contributed by atoms with Crippen LogP contribution in [0.25, 0.3) is 0 Å². The van der Waals surface area contributed by atoms with E-state index < -0.39 is 0 Å². The maximum atomic E-state index is 13.0. The summed E-state index contributed by atoms with van der Waals surface area (Å²) in [7, 11) is 4.30. The van der Waals surface area contributed by atoms with Gasteiger partial charge in [-0.25, -0.2) is 9.97 Å². The summed E-state index contributed by atoms with van der Waals surface area (Å²) in [5, 5.41) is 9.80. The van der Waals surface area contributed by atoms with Crippen LogP contribution in [0.5, 0.6) is 0 Å². The van der Waals surface area contributed by atoms with Gasteiger partial charge in [-0.05, 0) is 82.6 Å². The minimum absolute atomic E-state index is 0.0157. The van der Waals surface area contributed by atoms with Crippen LogP contribution in [0.3, 0.4) is 0 Å². The first-order chi connectivity index (χ1) is 17.5. The predicted octanol–water partition coefficient (Wildman–Crippen LogP) is 5.82. The van der Waals surface area contributed by atoms with Crippen LogP contribution in [0.4, 0.5) is 23.0 Å². The summed E-state index contributed by atoms with van der Waals surface area (Å²) < 4.78 is 0. The Kier molecular flexibility index (Phi) is 7.83. The van der Waals surface area contributed by atoms with Crippen LogP contribution in [0.1, 0.15) is 68.2 Å². The number of benzene rings is 1. The molecule has 196 valence electrons. The lowest BCUT2D eigenvalue weighted by Crippen LogP contribution is -2.33. The molecule has 0 saturated heterocycles. The minimum Gasteiger partial charge on any atom is -0.350 e. The molecule has 2 aromatic heterocycles. The van der Waals surface area contributed by atoms with E-state index in [2.05, 4.69) is 78.9 Å². The van der Waals surface area contributed by atoms with Crippen LogP contribution in [0.15, 0.2) is 48.7 Å². The number of carbonyl (C=O) groups is 1. The van der Waals surface area contributed by atoms with Gasteiger partial charge in [-0.15, -0.1) is 0 Å². The fourth-order valence-corrected chi connectivity index (χ4v) is 4.61. The van der Waals surface area contributed by atoms with Crippen LogP contribution in [-0.4, -0.2) is 47.0 Å². The van der Waals surface area contributed by atoms with E-state index in [0.717, 1.165) is 24.2 Å². The monoisotopic (exact) mass is 500 g/mol. The number of aryl methyl sites for hydroxylation is 1. The van der Waals surface area contributed by atoms with Crippen molar-refractivity contribution >= 4 is 28.9 Å². The second kappa shape index (κ2) is 10.9. The molecule has 1 amide bonds. The zero-order valence-electron chi connectivity index (χ0n) is 23.1. The highest BCUT2D eigenvalue weighted by atomic mass is 16.1. The number of amides is 1. The third-order valence-corrected chi connectivity index (χ3v) is 6.76. The van der Waals surface area contributed by atoms with Gasteiger partial charge < -0.3 is 20.9 Å². The van der Waals surface area contributed by atoms with Crippen molar-refractivity contribution in [2.75, 3.05) is 24.7 Å². The van der Waals surface area contributed by atoms with Crippen molar-refractivity contribution < 1.29 is 4.79 Å². The van der Waals surface area contributed by atoms with Gasteiger partial charge in [0, 0.05) is 41.1 Å². The molecule has 1 aliphatic rings. The number of pyridine rings is 2. The number of fused-ring (bicyclic) bond motifs is 1. The highest BCUT2D eigenvalue weighted by Crippen LogP contribution is 2.30. The summed E-state index contributed by atoms with van der Waals surface area (Å²) in [4.78, 5) is 24.7. The lowest BCUT2D eigenvalue weighted by Gasteiger charge is -2.30. The van der Waals surface area contributed by atoms with Gasteiger partial charge in [0.15, 0.2) is 0 Å². The smallest absolute Gasteiger partial charge is 0.255 e. The first kappa shape index (κ1) is 26.6. The molecule has 7 heteroatoms. The number of rotatable bonds is 7. The number of hydrogen-bond acceptors (Lipinski definition) is 6. The SMILES string of the molecule is CC(C)NC(=O)c1cnc(Nc2ccc3c(c2)CC(N(C)C)CC3)cc1Nc1cccc(C(C)(C)C)n1. The van der Waals surface area contributed by atoms with Crippen LogP contribution in [0, 0.1) is 0 Å². The topological polar surface area (TPSA) is 82.2 Å². The molecule has 0 spiro atoms. The Hall–Kier alpha value is -3.45. The number of hydrogen-bond donors (Lipinski definition) is 3. The Bertz CT molecular complexity index is 1260. The fraction of sp³-hybridized carbons (Fsp3) is 0.433.